The molecule has 0 radical (unpaired) electrons. The molecule has 1 aliphatic heterocycles. The van der Waals surface area contributed by atoms with Crippen LogP contribution in [0, 0.1) is 0 Å². The summed E-state index contributed by atoms with van der Waals surface area (Å²) in [6.45, 7) is 5.20. The molecule has 1 heterocycles. The highest BCUT2D eigenvalue weighted by molar-refractivity contribution is 5.94. The van der Waals surface area contributed by atoms with Crippen molar-refractivity contribution in [2.75, 3.05) is 41.5 Å². The number of nitrogens with one attached hydrogen (secondary N) is 3. The Labute approximate surface area is 281 Å². The summed E-state index contributed by atoms with van der Waals surface area (Å²) in [4.78, 5) is 66.0. The van der Waals surface area contributed by atoms with E-state index in [1.54, 1.807) is 51.1 Å². The maximum absolute atomic E-state index is 13.8. The van der Waals surface area contributed by atoms with Crippen LogP contribution in [0.5, 0.6) is 11.5 Å². The van der Waals surface area contributed by atoms with Gasteiger partial charge in [0.1, 0.15) is 29.2 Å². The van der Waals surface area contributed by atoms with Gasteiger partial charge in [-0.15, -0.1) is 0 Å². The number of nitrogens with zero attached hydrogens (tertiary/aromatic N) is 1. The maximum Gasteiger partial charge on any atom is 0.407 e. The zero-order valence-corrected chi connectivity index (χ0v) is 28.6. The summed E-state index contributed by atoms with van der Waals surface area (Å²) in [5.41, 5.74) is 8.01. The molecule has 0 aromatic heterocycles. The number of alkyl carbamates (subject to hydrolysis) is 1. The molecule has 4 amide bonds. The second-order valence-corrected chi connectivity index (χ2v) is 12.4. The molecule has 0 spiro atoms. The molecule has 3 unspecified atom stereocenters. The Morgan fingerprint density at radius 1 is 1.00 bits per heavy atom. The molecular formula is C34H47N5O9. The van der Waals surface area contributed by atoms with Crippen molar-refractivity contribution in [2.45, 2.75) is 70.2 Å². The highest BCUT2D eigenvalue weighted by Crippen LogP contribution is 2.39. The van der Waals surface area contributed by atoms with Gasteiger partial charge in [-0.2, -0.15) is 0 Å². The fourth-order valence-corrected chi connectivity index (χ4v) is 5.34. The van der Waals surface area contributed by atoms with Crippen LogP contribution in [-0.4, -0.2) is 93.8 Å². The first-order chi connectivity index (χ1) is 22.7. The fourth-order valence-electron chi connectivity index (χ4n) is 5.34. The minimum atomic E-state index is -1.19. The summed E-state index contributed by atoms with van der Waals surface area (Å²) in [7, 11) is 5.72. The number of fused-ring (bicyclic) bond motifs is 5. The molecule has 48 heavy (non-hydrogen) atoms. The van der Waals surface area contributed by atoms with Crippen LogP contribution in [-0.2, 0) is 35.1 Å². The van der Waals surface area contributed by atoms with Crippen molar-refractivity contribution >= 4 is 29.8 Å². The van der Waals surface area contributed by atoms with E-state index in [0.29, 0.717) is 59.6 Å². The van der Waals surface area contributed by atoms with Crippen molar-refractivity contribution in [1.29, 1.82) is 0 Å². The summed E-state index contributed by atoms with van der Waals surface area (Å²) in [6.07, 6.45) is 0.957. The summed E-state index contributed by atoms with van der Waals surface area (Å²) < 4.78 is 21.5. The number of methoxy groups -OCH3 is 3. The first-order valence-electron chi connectivity index (χ1n) is 15.7. The lowest BCUT2D eigenvalue weighted by Crippen LogP contribution is -2.50. The Morgan fingerprint density at radius 2 is 1.65 bits per heavy atom. The van der Waals surface area contributed by atoms with Gasteiger partial charge in [0, 0.05) is 31.1 Å². The van der Waals surface area contributed by atoms with Crippen LogP contribution in [0.1, 0.15) is 57.2 Å². The molecule has 0 saturated heterocycles. The van der Waals surface area contributed by atoms with Crippen LogP contribution in [0.25, 0.3) is 11.1 Å². The van der Waals surface area contributed by atoms with E-state index >= 15 is 0 Å². The molecule has 14 heteroatoms. The molecule has 14 nitrogen and oxygen atoms in total. The monoisotopic (exact) mass is 669 g/mol. The van der Waals surface area contributed by atoms with Gasteiger partial charge in [-0.1, -0.05) is 12.1 Å². The molecule has 262 valence electrons. The number of carbonyl (C=O) groups is 5. The molecule has 0 saturated carbocycles. The Balaban J connectivity index is 1.93. The van der Waals surface area contributed by atoms with Crippen LogP contribution in [0.3, 0.4) is 0 Å². The molecule has 2 aromatic rings. The van der Waals surface area contributed by atoms with E-state index in [0.717, 1.165) is 0 Å². The summed E-state index contributed by atoms with van der Waals surface area (Å²) in [6, 6.07) is 7.23. The molecular weight excluding hydrogens is 622 g/mol. The molecule has 3 atom stereocenters. The zero-order valence-electron chi connectivity index (χ0n) is 28.6. The number of unbranched alkanes of at least 4 members (excludes halogenated alkanes) is 1. The lowest BCUT2D eigenvalue weighted by Gasteiger charge is -2.30. The quantitative estimate of drug-likeness (QED) is 0.216. The van der Waals surface area contributed by atoms with Gasteiger partial charge in [-0.25, -0.2) is 9.59 Å². The molecule has 2 aromatic carbocycles. The second kappa shape index (κ2) is 16.8. The average molecular weight is 670 g/mol. The lowest BCUT2D eigenvalue weighted by molar-refractivity contribution is -0.145. The van der Waals surface area contributed by atoms with Gasteiger partial charge in [-0.05, 0) is 75.4 Å². The normalized spacial score (nSPS) is 17.1. The number of nitrogens with two attached hydrogens (primary N) is 1. The molecule has 5 N–H and O–H groups in total. The van der Waals surface area contributed by atoms with Crippen molar-refractivity contribution in [2.24, 2.45) is 5.73 Å². The summed E-state index contributed by atoms with van der Waals surface area (Å²) in [5.74, 6) is -1.44. The first kappa shape index (κ1) is 37.6. The van der Waals surface area contributed by atoms with Gasteiger partial charge in [0.05, 0.1) is 33.9 Å². The van der Waals surface area contributed by atoms with Gasteiger partial charge >= 0.3 is 12.1 Å². The molecule has 3 rings (SSSR count). The SMILES string of the molecule is COC(=O)C1Cc2ccc(OC)c(c2)-c2cc(ccc2OC)C(N(C)C(=O)C(N)CCCCNC(=O)OC(C)(C)C)C(=O)NCC(=O)N1. The molecule has 0 aliphatic carbocycles. The van der Waals surface area contributed by atoms with E-state index in [1.165, 1.54) is 33.3 Å². The van der Waals surface area contributed by atoms with Crippen molar-refractivity contribution in [1.82, 2.24) is 20.9 Å². The van der Waals surface area contributed by atoms with Crippen LogP contribution >= 0.6 is 0 Å². The van der Waals surface area contributed by atoms with Crippen molar-refractivity contribution < 1.29 is 42.9 Å². The number of hydrogen-bond donors (Lipinski definition) is 4. The van der Waals surface area contributed by atoms with E-state index < -0.39 is 60.1 Å². The number of hydrogen-bond acceptors (Lipinski definition) is 10. The Kier molecular flexibility index (Phi) is 13.2. The molecule has 1 aliphatic rings. The third-order valence-electron chi connectivity index (χ3n) is 7.69. The lowest BCUT2D eigenvalue weighted by atomic mass is 9.93. The van der Waals surface area contributed by atoms with Gasteiger partial charge in [-0.3, -0.25) is 14.4 Å². The second-order valence-electron chi connectivity index (χ2n) is 12.4. The number of carbonyl (C=O) groups excluding carboxylic acids is 5. The van der Waals surface area contributed by atoms with Crippen molar-refractivity contribution in [3.63, 3.8) is 0 Å². The number of benzene rings is 2. The van der Waals surface area contributed by atoms with E-state index in [1.807, 2.05) is 6.07 Å². The summed E-state index contributed by atoms with van der Waals surface area (Å²) in [5, 5.41) is 7.90. The van der Waals surface area contributed by atoms with Gasteiger partial charge in [0.15, 0.2) is 0 Å². The minimum Gasteiger partial charge on any atom is -0.496 e. The number of esters is 1. The van der Waals surface area contributed by atoms with E-state index in [2.05, 4.69) is 16.0 Å². The topological polar surface area (TPSA) is 188 Å². The Hall–Kier alpha value is -4.85. The van der Waals surface area contributed by atoms with Gasteiger partial charge < -0.3 is 45.5 Å². The van der Waals surface area contributed by atoms with Crippen LogP contribution in [0.4, 0.5) is 4.79 Å². The highest BCUT2D eigenvalue weighted by atomic mass is 16.6. The number of ether oxygens (including phenoxy) is 4. The average Bonchev–Trinajstić information content (AvgIpc) is 3.04. The number of amides is 4. The molecule has 0 fully saturated rings. The van der Waals surface area contributed by atoms with E-state index in [9.17, 15) is 24.0 Å². The van der Waals surface area contributed by atoms with E-state index in [4.69, 9.17) is 24.7 Å². The number of likely N-dealkylation sites (N-methyl/N-ethyl adjacent to an activating group) is 1. The van der Waals surface area contributed by atoms with Crippen molar-refractivity contribution in [3.05, 3.63) is 47.5 Å². The first-order valence-corrected chi connectivity index (χ1v) is 15.7. The van der Waals surface area contributed by atoms with Gasteiger partial charge in [0.2, 0.25) is 17.7 Å². The highest BCUT2D eigenvalue weighted by Gasteiger charge is 2.33. The molecule has 4 bridgehead atoms. The van der Waals surface area contributed by atoms with Crippen LogP contribution in [0.15, 0.2) is 36.4 Å². The van der Waals surface area contributed by atoms with Crippen LogP contribution in [0.2, 0.25) is 0 Å². The Morgan fingerprint density at radius 3 is 2.27 bits per heavy atom. The van der Waals surface area contributed by atoms with Crippen LogP contribution < -0.4 is 31.2 Å². The standard InChI is InChI=1S/C34H47N5O9/c1-34(2,3)48-33(44)36-15-9-8-10-24(35)31(42)39(4)29-21-12-14-27(46-6)23(18-21)22-16-20(11-13-26(22)45-5)17-25(32(43)47-7)38-28(40)19-37-30(29)41/h11-14,16,18,24-25,29H,8-10,15,17,19,35H2,1-7H3,(H,36,44)(H,37,41)(H,38,40). The predicted molar refractivity (Wildman–Crippen MR) is 177 cm³/mol. The van der Waals surface area contributed by atoms with Crippen molar-refractivity contribution in [3.8, 4) is 22.6 Å². The smallest absolute Gasteiger partial charge is 0.407 e. The zero-order chi connectivity index (χ0) is 35.6. The maximum atomic E-state index is 13.8. The summed E-state index contributed by atoms with van der Waals surface area (Å²) >= 11 is 0. The third-order valence-corrected chi connectivity index (χ3v) is 7.69. The fraction of sp³-hybridized carbons (Fsp3) is 0.500. The minimum absolute atomic E-state index is 0.111. The third kappa shape index (κ3) is 10.1. The largest absolute Gasteiger partial charge is 0.496 e. The number of rotatable bonds is 10. The van der Waals surface area contributed by atoms with Gasteiger partial charge in [0.25, 0.3) is 0 Å². The van der Waals surface area contributed by atoms with E-state index in [-0.39, 0.29) is 6.42 Å². The predicted octanol–water partition coefficient (Wildman–Crippen LogP) is 2.22. The Bertz CT molecular complexity index is 1490.